The van der Waals surface area contributed by atoms with Gasteiger partial charge in [0.2, 0.25) is 11.8 Å². The van der Waals surface area contributed by atoms with Crippen molar-refractivity contribution in [2.45, 2.75) is 51.2 Å². The summed E-state index contributed by atoms with van der Waals surface area (Å²) in [5, 5.41) is 0.530. The van der Waals surface area contributed by atoms with Crippen LogP contribution in [0.1, 0.15) is 39.0 Å². The number of rotatable bonds is 6. The van der Waals surface area contributed by atoms with Crippen LogP contribution in [0.15, 0.2) is 24.3 Å². The Morgan fingerprint density at radius 1 is 1.31 bits per heavy atom. The molecule has 0 spiro atoms. The summed E-state index contributed by atoms with van der Waals surface area (Å²) in [4.78, 5) is 40.8. The molecule has 0 aromatic heterocycles. The molecule has 1 aromatic carbocycles. The van der Waals surface area contributed by atoms with Gasteiger partial charge in [-0.05, 0) is 43.5 Å². The van der Waals surface area contributed by atoms with E-state index in [1.807, 2.05) is 6.92 Å². The van der Waals surface area contributed by atoms with Crippen molar-refractivity contribution >= 4 is 35.0 Å². The van der Waals surface area contributed by atoms with Crippen molar-refractivity contribution in [3.8, 4) is 0 Å². The third-order valence-corrected chi connectivity index (χ3v) is 5.04. The molecule has 140 valence electrons. The number of amides is 3. The van der Waals surface area contributed by atoms with Gasteiger partial charge >= 0.3 is 0 Å². The second-order valence-electron chi connectivity index (χ2n) is 6.69. The van der Waals surface area contributed by atoms with Gasteiger partial charge in [-0.3, -0.25) is 14.4 Å². The van der Waals surface area contributed by atoms with Gasteiger partial charge in [-0.25, -0.2) is 4.90 Å². The van der Waals surface area contributed by atoms with E-state index in [2.05, 4.69) is 0 Å². The SMILES string of the molecule is CCCC(=O)N(CC1CCCO1)C1CC(=O)N(c2ccc(Cl)cc2)C1=O. The molecule has 0 bridgehead atoms. The molecule has 2 saturated heterocycles. The van der Waals surface area contributed by atoms with E-state index in [9.17, 15) is 14.4 Å². The summed E-state index contributed by atoms with van der Waals surface area (Å²) in [6, 6.07) is 5.78. The zero-order valence-corrected chi connectivity index (χ0v) is 15.6. The van der Waals surface area contributed by atoms with E-state index in [0.717, 1.165) is 17.7 Å². The predicted molar refractivity (Wildman–Crippen MR) is 97.9 cm³/mol. The molecule has 0 radical (unpaired) electrons. The Balaban J connectivity index is 1.81. The number of halogens is 1. The van der Waals surface area contributed by atoms with Gasteiger partial charge in [0.25, 0.3) is 5.91 Å². The van der Waals surface area contributed by atoms with Crippen LogP contribution < -0.4 is 4.90 Å². The highest BCUT2D eigenvalue weighted by Crippen LogP contribution is 2.28. The molecule has 0 N–H and O–H groups in total. The second kappa shape index (κ2) is 8.18. The number of carbonyl (C=O) groups is 3. The molecule has 2 heterocycles. The number of ether oxygens (including phenoxy) is 1. The van der Waals surface area contributed by atoms with Gasteiger partial charge in [-0.15, -0.1) is 0 Å². The minimum atomic E-state index is -0.763. The summed E-state index contributed by atoms with van der Waals surface area (Å²) in [5.74, 6) is -0.768. The Morgan fingerprint density at radius 3 is 2.65 bits per heavy atom. The van der Waals surface area contributed by atoms with E-state index in [1.54, 1.807) is 29.2 Å². The van der Waals surface area contributed by atoms with E-state index in [1.165, 1.54) is 0 Å². The van der Waals surface area contributed by atoms with Crippen molar-refractivity contribution in [3.63, 3.8) is 0 Å². The van der Waals surface area contributed by atoms with Gasteiger partial charge in [0.1, 0.15) is 6.04 Å². The van der Waals surface area contributed by atoms with Crippen molar-refractivity contribution in [3.05, 3.63) is 29.3 Å². The van der Waals surface area contributed by atoms with Crippen molar-refractivity contribution in [2.75, 3.05) is 18.1 Å². The summed E-state index contributed by atoms with van der Waals surface area (Å²) in [5.41, 5.74) is 0.479. The maximum atomic E-state index is 13.0. The van der Waals surface area contributed by atoms with Gasteiger partial charge in [-0.1, -0.05) is 18.5 Å². The molecule has 2 aliphatic rings. The maximum Gasteiger partial charge on any atom is 0.257 e. The third kappa shape index (κ3) is 3.91. The van der Waals surface area contributed by atoms with E-state index < -0.39 is 6.04 Å². The molecule has 1 aromatic rings. The number of benzene rings is 1. The fourth-order valence-electron chi connectivity index (χ4n) is 3.49. The van der Waals surface area contributed by atoms with Crippen LogP contribution in [0.25, 0.3) is 0 Å². The molecular weight excluding hydrogens is 356 g/mol. The van der Waals surface area contributed by atoms with Gasteiger partial charge in [0.15, 0.2) is 0 Å². The van der Waals surface area contributed by atoms with Crippen LogP contribution in [-0.2, 0) is 19.1 Å². The standard InChI is InChI=1S/C19H23ClN2O4/c1-2-4-17(23)21(12-15-5-3-10-26-15)16-11-18(24)22(19(16)25)14-8-6-13(20)7-9-14/h6-9,15-16H,2-5,10-12H2,1H3. The average Bonchev–Trinajstić information content (AvgIpc) is 3.22. The first-order chi connectivity index (χ1) is 12.5. The second-order valence-corrected chi connectivity index (χ2v) is 7.13. The number of carbonyl (C=O) groups excluding carboxylic acids is 3. The fraction of sp³-hybridized carbons (Fsp3) is 0.526. The van der Waals surface area contributed by atoms with Gasteiger partial charge in [-0.2, -0.15) is 0 Å². The molecule has 26 heavy (non-hydrogen) atoms. The molecule has 2 aliphatic heterocycles. The number of hydrogen-bond donors (Lipinski definition) is 0. The Hall–Kier alpha value is -1.92. The van der Waals surface area contributed by atoms with Crippen molar-refractivity contribution in [2.24, 2.45) is 0 Å². The van der Waals surface area contributed by atoms with Crippen LogP contribution in [0.5, 0.6) is 0 Å². The van der Waals surface area contributed by atoms with Crippen molar-refractivity contribution in [1.82, 2.24) is 4.90 Å². The molecule has 3 rings (SSSR count). The molecule has 2 atom stereocenters. The lowest BCUT2D eigenvalue weighted by molar-refractivity contribution is -0.140. The Kier molecular flexibility index (Phi) is 5.94. The molecule has 3 amide bonds. The third-order valence-electron chi connectivity index (χ3n) is 4.79. The number of imide groups is 1. The molecule has 2 fully saturated rings. The zero-order valence-electron chi connectivity index (χ0n) is 14.8. The highest BCUT2D eigenvalue weighted by atomic mass is 35.5. The van der Waals surface area contributed by atoms with Crippen LogP contribution in [-0.4, -0.2) is 47.9 Å². The lowest BCUT2D eigenvalue weighted by atomic mass is 10.1. The molecule has 2 unspecified atom stereocenters. The van der Waals surface area contributed by atoms with Gasteiger partial charge in [0.05, 0.1) is 18.2 Å². The molecule has 0 aliphatic carbocycles. The van der Waals surface area contributed by atoms with E-state index in [0.29, 0.717) is 36.7 Å². The normalized spacial score (nSPS) is 22.9. The number of hydrogen-bond acceptors (Lipinski definition) is 4. The van der Waals surface area contributed by atoms with E-state index in [4.69, 9.17) is 16.3 Å². The highest BCUT2D eigenvalue weighted by molar-refractivity contribution is 6.30. The minimum absolute atomic E-state index is 0.00361. The largest absolute Gasteiger partial charge is 0.376 e. The van der Waals surface area contributed by atoms with Gasteiger partial charge < -0.3 is 9.64 Å². The Bertz CT molecular complexity index is 685. The predicted octanol–water partition coefficient (Wildman–Crippen LogP) is 2.78. The van der Waals surface area contributed by atoms with Gasteiger partial charge in [0, 0.05) is 24.6 Å². The summed E-state index contributed by atoms with van der Waals surface area (Å²) in [6.45, 7) is 2.95. The first-order valence-electron chi connectivity index (χ1n) is 9.04. The monoisotopic (exact) mass is 378 g/mol. The Labute approximate surface area is 158 Å². The van der Waals surface area contributed by atoms with Crippen molar-refractivity contribution in [1.29, 1.82) is 0 Å². The van der Waals surface area contributed by atoms with E-state index in [-0.39, 0.29) is 30.2 Å². The fourth-order valence-corrected chi connectivity index (χ4v) is 3.61. The average molecular weight is 379 g/mol. The molecular formula is C19H23ClN2O4. The quantitative estimate of drug-likeness (QED) is 0.714. The van der Waals surface area contributed by atoms with Crippen LogP contribution in [0.3, 0.4) is 0 Å². The summed E-state index contributed by atoms with van der Waals surface area (Å²) >= 11 is 5.89. The van der Waals surface area contributed by atoms with Crippen LogP contribution in [0.2, 0.25) is 5.02 Å². The Morgan fingerprint density at radius 2 is 2.04 bits per heavy atom. The van der Waals surface area contributed by atoms with Crippen molar-refractivity contribution < 1.29 is 19.1 Å². The van der Waals surface area contributed by atoms with Crippen LogP contribution >= 0.6 is 11.6 Å². The number of nitrogens with zero attached hydrogens (tertiary/aromatic N) is 2. The van der Waals surface area contributed by atoms with Crippen LogP contribution in [0, 0.1) is 0 Å². The smallest absolute Gasteiger partial charge is 0.257 e. The topological polar surface area (TPSA) is 66.9 Å². The summed E-state index contributed by atoms with van der Waals surface area (Å²) in [7, 11) is 0. The highest BCUT2D eigenvalue weighted by Gasteiger charge is 2.44. The molecule has 0 saturated carbocycles. The number of anilines is 1. The molecule has 7 heteroatoms. The lowest BCUT2D eigenvalue weighted by Crippen LogP contribution is -2.48. The summed E-state index contributed by atoms with van der Waals surface area (Å²) < 4.78 is 5.64. The lowest BCUT2D eigenvalue weighted by Gasteiger charge is -2.29. The molecule has 6 nitrogen and oxygen atoms in total. The maximum absolute atomic E-state index is 13.0. The zero-order chi connectivity index (χ0) is 18.7. The summed E-state index contributed by atoms with van der Waals surface area (Å²) in [6.07, 6.45) is 2.80. The first-order valence-corrected chi connectivity index (χ1v) is 9.42. The van der Waals surface area contributed by atoms with E-state index >= 15 is 0 Å². The van der Waals surface area contributed by atoms with Crippen LogP contribution in [0.4, 0.5) is 5.69 Å². The minimum Gasteiger partial charge on any atom is -0.376 e. The first kappa shape index (κ1) is 18.9.